The molecule has 0 aliphatic carbocycles. The summed E-state index contributed by atoms with van der Waals surface area (Å²) in [6.45, 7) is 1.36. The summed E-state index contributed by atoms with van der Waals surface area (Å²) in [5.74, 6) is -1.50. The van der Waals surface area contributed by atoms with E-state index < -0.39 is 17.7 Å². The Bertz CT molecular complexity index is 362. The number of rotatable bonds is 3. The molecule has 2 nitrogen and oxygen atoms in total. The third-order valence-corrected chi connectivity index (χ3v) is 2.91. The van der Waals surface area contributed by atoms with Crippen molar-refractivity contribution in [2.45, 2.75) is 18.9 Å². The molecule has 0 amide bonds. The molecule has 2 unspecified atom stereocenters. The van der Waals surface area contributed by atoms with Crippen molar-refractivity contribution in [2.24, 2.45) is 5.92 Å². The number of benzene rings is 1. The van der Waals surface area contributed by atoms with Crippen LogP contribution in [0.4, 0.5) is 8.78 Å². The van der Waals surface area contributed by atoms with Crippen LogP contribution in [0.1, 0.15) is 24.5 Å². The number of aliphatic hydroxyl groups is 1. The number of halogens is 2. The molecular weight excluding hydrogens is 214 g/mol. The number of ether oxygens (including phenoxy) is 1. The van der Waals surface area contributed by atoms with E-state index in [9.17, 15) is 13.9 Å². The lowest BCUT2D eigenvalue weighted by Gasteiger charge is -2.14. The Morgan fingerprint density at radius 2 is 2.19 bits per heavy atom. The summed E-state index contributed by atoms with van der Waals surface area (Å²) in [6.07, 6.45) is 0.702. The first-order valence-corrected chi connectivity index (χ1v) is 5.37. The lowest BCUT2D eigenvalue weighted by atomic mass is 9.96. The maximum absolute atomic E-state index is 12.9. The van der Waals surface area contributed by atoms with Crippen LogP contribution in [0.3, 0.4) is 0 Å². The fourth-order valence-corrected chi connectivity index (χ4v) is 1.94. The summed E-state index contributed by atoms with van der Waals surface area (Å²) >= 11 is 0. The summed E-state index contributed by atoms with van der Waals surface area (Å²) in [5, 5.41) is 9.85. The van der Waals surface area contributed by atoms with Crippen molar-refractivity contribution >= 4 is 0 Å². The molecule has 1 heterocycles. The van der Waals surface area contributed by atoms with Gasteiger partial charge >= 0.3 is 0 Å². The second-order valence-electron chi connectivity index (χ2n) is 4.15. The second kappa shape index (κ2) is 4.89. The molecule has 1 N–H and O–H groups in total. The average molecular weight is 228 g/mol. The van der Waals surface area contributed by atoms with Gasteiger partial charge in [-0.05, 0) is 36.5 Å². The van der Waals surface area contributed by atoms with E-state index in [0.717, 1.165) is 25.2 Å². The summed E-state index contributed by atoms with van der Waals surface area (Å²) in [6, 6.07) is 3.51. The van der Waals surface area contributed by atoms with E-state index in [1.165, 1.54) is 6.07 Å². The molecule has 4 heteroatoms. The lowest BCUT2D eigenvalue weighted by molar-refractivity contribution is 0.129. The molecule has 2 atom stereocenters. The summed E-state index contributed by atoms with van der Waals surface area (Å²) in [4.78, 5) is 0. The number of hydrogen-bond acceptors (Lipinski definition) is 2. The molecule has 0 saturated carbocycles. The zero-order valence-corrected chi connectivity index (χ0v) is 8.83. The van der Waals surface area contributed by atoms with Crippen LogP contribution < -0.4 is 0 Å². The Kier molecular flexibility index (Phi) is 3.51. The summed E-state index contributed by atoms with van der Waals surface area (Å²) < 4.78 is 30.8. The van der Waals surface area contributed by atoms with Crippen LogP contribution in [0.2, 0.25) is 0 Å². The van der Waals surface area contributed by atoms with Gasteiger partial charge in [0.25, 0.3) is 0 Å². The van der Waals surface area contributed by atoms with Gasteiger partial charge < -0.3 is 9.84 Å². The molecule has 0 radical (unpaired) electrons. The highest BCUT2D eigenvalue weighted by molar-refractivity contribution is 5.20. The fraction of sp³-hybridized carbons (Fsp3) is 0.500. The first-order chi connectivity index (χ1) is 7.66. The SMILES string of the molecule is OC(CC1CCOC1)c1ccc(F)c(F)c1. The van der Waals surface area contributed by atoms with Crippen molar-refractivity contribution in [2.75, 3.05) is 13.2 Å². The molecular formula is C12H14F2O2. The van der Waals surface area contributed by atoms with Crippen molar-refractivity contribution in [1.82, 2.24) is 0 Å². The van der Waals surface area contributed by atoms with Crippen LogP contribution in [0.25, 0.3) is 0 Å². The molecule has 0 bridgehead atoms. The van der Waals surface area contributed by atoms with E-state index in [-0.39, 0.29) is 0 Å². The van der Waals surface area contributed by atoms with Crippen LogP contribution in [-0.2, 0) is 4.74 Å². The predicted octanol–water partition coefficient (Wildman–Crippen LogP) is 2.42. The quantitative estimate of drug-likeness (QED) is 0.861. The Labute approximate surface area is 92.9 Å². The monoisotopic (exact) mass is 228 g/mol. The Balaban J connectivity index is 2.02. The van der Waals surface area contributed by atoms with E-state index in [2.05, 4.69) is 0 Å². The number of aliphatic hydroxyl groups excluding tert-OH is 1. The van der Waals surface area contributed by atoms with Crippen molar-refractivity contribution in [3.63, 3.8) is 0 Å². The van der Waals surface area contributed by atoms with Gasteiger partial charge in [0, 0.05) is 13.2 Å². The van der Waals surface area contributed by atoms with Crippen molar-refractivity contribution in [1.29, 1.82) is 0 Å². The summed E-state index contributed by atoms with van der Waals surface area (Å²) in [7, 11) is 0. The number of hydrogen-bond donors (Lipinski definition) is 1. The zero-order valence-electron chi connectivity index (χ0n) is 8.83. The Morgan fingerprint density at radius 3 is 2.81 bits per heavy atom. The third-order valence-electron chi connectivity index (χ3n) is 2.91. The van der Waals surface area contributed by atoms with E-state index in [4.69, 9.17) is 4.74 Å². The maximum atomic E-state index is 12.9. The first-order valence-electron chi connectivity index (χ1n) is 5.37. The van der Waals surface area contributed by atoms with Crippen molar-refractivity contribution in [3.05, 3.63) is 35.4 Å². The maximum Gasteiger partial charge on any atom is 0.159 e. The van der Waals surface area contributed by atoms with E-state index in [1.807, 2.05) is 0 Å². The fourth-order valence-electron chi connectivity index (χ4n) is 1.94. The van der Waals surface area contributed by atoms with Gasteiger partial charge in [-0.3, -0.25) is 0 Å². The van der Waals surface area contributed by atoms with Gasteiger partial charge in [-0.1, -0.05) is 6.07 Å². The van der Waals surface area contributed by atoms with Gasteiger partial charge in [0.1, 0.15) is 0 Å². The smallest absolute Gasteiger partial charge is 0.159 e. The van der Waals surface area contributed by atoms with Gasteiger partial charge in [-0.15, -0.1) is 0 Å². The molecule has 88 valence electrons. The standard InChI is InChI=1S/C12H14F2O2/c13-10-2-1-9(6-11(10)14)12(15)5-8-3-4-16-7-8/h1-2,6,8,12,15H,3-5,7H2. The van der Waals surface area contributed by atoms with Gasteiger partial charge in [0.2, 0.25) is 0 Å². The van der Waals surface area contributed by atoms with E-state index >= 15 is 0 Å². The third kappa shape index (κ3) is 2.57. The minimum absolute atomic E-state index is 0.308. The predicted molar refractivity (Wildman–Crippen MR) is 54.9 cm³/mol. The Morgan fingerprint density at radius 1 is 1.38 bits per heavy atom. The van der Waals surface area contributed by atoms with Gasteiger partial charge in [0.05, 0.1) is 6.10 Å². The van der Waals surface area contributed by atoms with Gasteiger partial charge in [-0.25, -0.2) is 8.78 Å². The zero-order chi connectivity index (χ0) is 11.5. The van der Waals surface area contributed by atoms with Crippen LogP contribution in [0.5, 0.6) is 0 Å². The van der Waals surface area contributed by atoms with Crippen molar-refractivity contribution in [3.8, 4) is 0 Å². The minimum Gasteiger partial charge on any atom is -0.388 e. The molecule has 0 spiro atoms. The van der Waals surface area contributed by atoms with Gasteiger partial charge in [-0.2, -0.15) is 0 Å². The first kappa shape index (κ1) is 11.5. The molecule has 2 rings (SSSR count). The largest absolute Gasteiger partial charge is 0.388 e. The molecule has 16 heavy (non-hydrogen) atoms. The highest BCUT2D eigenvalue weighted by Crippen LogP contribution is 2.27. The summed E-state index contributed by atoms with van der Waals surface area (Å²) in [5.41, 5.74) is 0.422. The normalized spacial score (nSPS) is 22.3. The molecule has 1 saturated heterocycles. The molecule has 1 fully saturated rings. The average Bonchev–Trinajstić information content (AvgIpc) is 2.74. The van der Waals surface area contributed by atoms with E-state index in [0.29, 0.717) is 24.5 Å². The second-order valence-corrected chi connectivity index (χ2v) is 4.15. The van der Waals surface area contributed by atoms with Crippen LogP contribution >= 0.6 is 0 Å². The van der Waals surface area contributed by atoms with Crippen LogP contribution in [-0.4, -0.2) is 18.3 Å². The van der Waals surface area contributed by atoms with Crippen molar-refractivity contribution < 1.29 is 18.6 Å². The van der Waals surface area contributed by atoms with E-state index in [1.54, 1.807) is 0 Å². The highest BCUT2D eigenvalue weighted by Gasteiger charge is 2.21. The van der Waals surface area contributed by atoms with Gasteiger partial charge in [0.15, 0.2) is 11.6 Å². The molecule has 1 aromatic carbocycles. The molecule has 1 aromatic rings. The molecule has 1 aliphatic rings. The topological polar surface area (TPSA) is 29.5 Å². The van der Waals surface area contributed by atoms with Crippen LogP contribution in [0.15, 0.2) is 18.2 Å². The highest BCUT2D eigenvalue weighted by atomic mass is 19.2. The minimum atomic E-state index is -0.917. The molecule has 1 aliphatic heterocycles. The lowest BCUT2D eigenvalue weighted by Crippen LogP contribution is -2.07. The Hall–Kier alpha value is -1.00. The molecule has 0 aromatic heterocycles. The van der Waals surface area contributed by atoms with Crippen LogP contribution in [0, 0.1) is 17.6 Å².